The predicted molar refractivity (Wildman–Crippen MR) is 109 cm³/mol. The lowest BCUT2D eigenvalue weighted by Gasteiger charge is -2.09. The predicted octanol–water partition coefficient (Wildman–Crippen LogP) is 3.86. The molecule has 0 aliphatic rings. The van der Waals surface area contributed by atoms with E-state index in [0.717, 1.165) is 22.5 Å². The summed E-state index contributed by atoms with van der Waals surface area (Å²) in [6, 6.07) is 14.4. The van der Waals surface area contributed by atoms with Gasteiger partial charge < -0.3 is 10.1 Å². The first kappa shape index (κ1) is 20.1. The minimum Gasteiger partial charge on any atom is -0.465 e. The number of benzene rings is 2. The zero-order valence-corrected chi connectivity index (χ0v) is 16.5. The number of methoxy groups -OCH3 is 1. The van der Waals surface area contributed by atoms with E-state index in [1.165, 1.54) is 19.2 Å². The first-order valence-corrected chi connectivity index (χ1v) is 9.08. The average molecular weight is 394 g/mol. The fourth-order valence-corrected chi connectivity index (χ4v) is 3.17. The molecule has 1 aromatic heterocycles. The third-order valence-electron chi connectivity index (χ3n) is 4.77. The van der Waals surface area contributed by atoms with Crippen molar-refractivity contribution in [3.8, 4) is 0 Å². The number of aromatic nitrogens is 2. The van der Waals surface area contributed by atoms with Gasteiger partial charge in [-0.2, -0.15) is 5.10 Å². The Morgan fingerprint density at radius 1 is 1.21 bits per heavy atom. The Kier molecular flexibility index (Phi) is 5.92. The number of carbonyl (C=O) groups is 1. The van der Waals surface area contributed by atoms with Gasteiger partial charge in [-0.05, 0) is 31.5 Å². The van der Waals surface area contributed by atoms with Crippen LogP contribution in [0.2, 0.25) is 0 Å². The molecule has 0 saturated carbocycles. The number of esters is 1. The van der Waals surface area contributed by atoms with Gasteiger partial charge in [-0.1, -0.05) is 30.3 Å². The lowest BCUT2D eigenvalue weighted by molar-refractivity contribution is -0.385. The highest BCUT2D eigenvalue weighted by Crippen LogP contribution is 2.24. The Morgan fingerprint density at radius 2 is 1.93 bits per heavy atom. The Hall–Kier alpha value is -3.68. The molecule has 0 radical (unpaired) electrons. The van der Waals surface area contributed by atoms with Crippen molar-refractivity contribution in [3.63, 3.8) is 0 Å². The van der Waals surface area contributed by atoms with Gasteiger partial charge in [0, 0.05) is 29.6 Å². The fraction of sp³-hybridized carbons (Fsp3) is 0.238. The molecule has 8 nitrogen and oxygen atoms in total. The van der Waals surface area contributed by atoms with Crippen LogP contribution in [-0.4, -0.2) is 27.8 Å². The van der Waals surface area contributed by atoms with Gasteiger partial charge >= 0.3 is 5.97 Å². The summed E-state index contributed by atoms with van der Waals surface area (Å²) >= 11 is 0. The van der Waals surface area contributed by atoms with E-state index in [9.17, 15) is 14.9 Å². The summed E-state index contributed by atoms with van der Waals surface area (Å²) in [5.41, 5.74) is 4.36. The molecule has 0 fully saturated rings. The van der Waals surface area contributed by atoms with E-state index >= 15 is 0 Å². The van der Waals surface area contributed by atoms with E-state index in [1.54, 1.807) is 6.07 Å². The number of carbonyl (C=O) groups excluding carboxylic acids is 1. The van der Waals surface area contributed by atoms with Gasteiger partial charge in [-0.3, -0.25) is 14.8 Å². The molecular formula is C21H22N4O4. The minimum absolute atomic E-state index is 0.0873. The van der Waals surface area contributed by atoms with Crippen LogP contribution in [0.15, 0.2) is 48.5 Å². The molecule has 0 unspecified atom stereocenters. The van der Waals surface area contributed by atoms with E-state index in [0.29, 0.717) is 18.8 Å². The number of anilines is 1. The van der Waals surface area contributed by atoms with Crippen LogP contribution < -0.4 is 5.32 Å². The molecule has 0 aliphatic heterocycles. The van der Waals surface area contributed by atoms with E-state index < -0.39 is 10.9 Å². The number of nitro benzene ring substituents is 1. The van der Waals surface area contributed by atoms with Gasteiger partial charge in [0.15, 0.2) is 0 Å². The maximum Gasteiger partial charge on any atom is 0.344 e. The summed E-state index contributed by atoms with van der Waals surface area (Å²) < 4.78 is 6.61. The number of aryl methyl sites for hydroxylation is 1. The van der Waals surface area contributed by atoms with Crippen LogP contribution in [0.3, 0.4) is 0 Å². The number of nitrogens with zero attached hydrogens (tertiary/aromatic N) is 3. The van der Waals surface area contributed by atoms with Crippen molar-refractivity contribution in [3.05, 3.63) is 86.7 Å². The number of hydrogen-bond acceptors (Lipinski definition) is 6. The fourth-order valence-electron chi connectivity index (χ4n) is 3.17. The molecule has 0 spiro atoms. The highest BCUT2D eigenvalue weighted by molar-refractivity contribution is 5.95. The molecule has 2 aromatic carbocycles. The van der Waals surface area contributed by atoms with Crippen molar-refractivity contribution in [2.24, 2.45) is 0 Å². The third kappa shape index (κ3) is 4.43. The van der Waals surface area contributed by atoms with E-state index in [-0.39, 0.29) is 11.3 Å². The van der Waals surface area contributed by atoms with Crippen LogP contribution >= 0.6 is 0 Å². The molecule has 29 heavy (non-hydrogen) atoms. The first-order chi connectivity index (χ1) is 13.9. The Labute approximate surface area is 168 Å². The summed E-state index contributed by atoms with van der Waals surface area (Å²) in [6.45, 7) is 5.11. The van der Waals surface area contributed by atoms with Crippen LogP contribution in [0.4, 0.5) is 11.4 Å². The largest absolute Gasteiger partial charge is 0.465 e. The molecule has 0 saturated heterocycles. The lowest BCUT2D eigenvalue weighted by atomic mass is 10.1. The summed E-state index contributed by atoms with van der Waals surface area (Å²) in [7, 11) is 1.19. The Morgan fingerprint density at radius 3 is 2.59 bits per heavy atom. The van der Waals surface area contributed by atoms with E-state index in [2.05, 4.69) is 27.3 Å². The highest BCUT2D eigenvalue weighted by atomic mass is 16.6. The van der Waals surface area contributed by atoms with Crippen molar-refractivity contribution in [1.29, 1.82) is 0 Å². The van der Waals surface area contributed by atoms with Crippen molar-refractivity contribution in [1.82, 2.24) is 9.78 Å². The van der Waals surface area contributed by atoms with Gasteiger partial charge in [0.2, 0.25) is 0 Å². The van der Waals surface area contributed by atoms with Gasteiger partial charge in [-0.25, -0.2) is 4.79 Å². The molecule has 1 N–H and O–H groups in total. The maximum atomic E-state index is 11.9. The quantitative estimate of drug-likeness (QED) is 0.371. The Balaban J connectivity index is 1.79. The average Bonchev–Trinajstić information content (AvgIpc) is 2.98. The summed E-state index contributed by atoms with van der Waals surface area (Å²) in [4.78, 5) is 22.4. The number of hydrogen-bond donors (Lipinski definition) is 1. The van der Waals surface area contributed by atoms with E-state index in [4.69, 9.17) is 0 Å². The van der Waals surface area contributed by atoms with Crippen molar-refractivity contribution in [2.45, 2.75) is 26.9 Å². The zero-order valence-electron chi connectivity index (χ0n) is 16.5. The van der Waals surface area contributed by atoms with Gasteiger partial charge in [0.1, 0.15) is 5.56 Å². The first-order valence-electron chi connectivity index (χ1n) is 9.08. The second-order valence-corrected chi connectivity index (χ2v) is 6.63. The molecule has 3 aromatic rings. The topological polar surface area (TPSA) is 99.3 Å². The normalized spacial score (nSPS) is 10.6. The number of rotatable bonds is 7. The Bertz CT molecular complexity index is 1040. The van der Waals surface area contributed by atoms with Gasteiger partial charge in [0.25, 0.3) is 5.69 Å². The van der Waals surface area contributed by atoms with Gasteiger partial charge in [-0.15, -0.1) is 0 Å². The second kappa shape index (κ2) is 8.55. The molecule has 8 heteroatoms. The molecule has 0 bridgehead atoms. The summed E-state index contributed by atoms with van der Waals surface area (Å²) in [5, 5.41) is 19.0. The standard InChI is InChI=1S/C21H22N4O4/c1-14-19(15(2)24(23-14)13-16-7-5-4-6-8-16)12-22-17-9-10-20(25(27)28)18(11-17)21(26)29-3/h4-11,22H,12-13H2,1-3H3. The van der Waals surface area contributed by atoms with E-state index in [1.807, 2.05) is 36.7 Å². The van der Waals surface area contributed by atoms with Crippen LogP contribution in [0.5, 0.6) is 0 Å². The van der Waals surface area contributed by atoms with Crippen molar-refractivity contribution in [2.75, 3.05) is 12.4 Å². The SMILES string of the molecule is COC(=O)c1cc(NCc2c(C)nn(Cc3ccccc3)c2C)ccc1[N+](=O)[O-]. The zero-order chi connectivity index (χ0) is 21.0. The monoisotopic (exact) mass is 394 g/mol. The van der Waals surface area contributed by atoms with Crippen LogP contribution in [0, 0.1) is 24.0 Å². The smallest absolute Gasteiger partial charge is 0.344 e. The van der Waals surface area contributed by atoms with Crippen molar-refractivity contribution >= 4 is 17.3 Å². The van der Waals surface area contributed by atoms with Crippen LogP contribution in [-0.2, 0) is 17.8 Å². The molecule has 0 amide bonds. The highest BCUT2D eigenvalue weighted by Gasteiger charge is 2.21. The van der Waals surface area contributed by atoms with Crippen LogP contribution in [0.1, 0.15) is 32.9 Å². The molecule has 3 rings (SSSR count). The number of nitrogens with one attached hydrogen (secondary N) is 1. The maximum absolute atomic E-state index is 11.9. The minimum atomic E-state index is -0.747. The van der Waals surface area contributed by atoms with Crippen molar-refractivity contribution < 1.29 is 14.5 Å². The number of ether oxygens (including phenoxy) is 1. The molecule has 0 aliphatic carbocycles. The summed E-state index contributed by atoms with van der Waals surface area (Å²) in [6.07, 6.45) is 0. The molecule has 1 heterocycles. The molecular weight excluding hydrogens is 372 g/mol. The molecule has 0 atom stereocenters. The number of nitro groups is 1. The summed E-state index contributed by atoms with van der Waals surface area (Å²) in [5.74, 6) is -0.747. The molecule has 150 valence electrons. The van der Waals surface area contributed by atoms with Crippen LogP contribution in [0.25, 0.3) is 0 Å². The lowest BCUT2D eigenvalue weighted by Crippen LogP contribution is -2.08. The third-order valence-corrected chi connectivity index (χ3v) is 4.77. The van der Waals surface area contributed by atoms with Gasteiger partial charge in [0.05, 0.1) is 24.3 Å². The second-order valence-electron chi connectivity index (χ2n) is 6.63.